The number of anilines is 2. The van der Waals surface area contributed by atoms with Gasteiger partial charge in [0.1, 0.15) is 5.52 Å². The maximum absolute atomic E-state index is 12.5. The van der Waals surface area contributed by atoms with E-state index >= 15 is 0 Å². The van der Waals surface area contributed by atoms with E-state index in [0.29, 0.717) is 5.69 Å². The predicted octanol–water partition coefficient (Wildman–Crippen LogP) is 3.23. The fourth-order valence-corrected chi connectivity index (χ4v) is 3.02. The van der Waals surface area contributed by atoms with Crippen molar-refractivity contribution >= 4 is 28.5 Å². The molecule has 0 aliphatic heterocycles. The van der Waals surface area contributed by atoms with Crippen LogP contribution in [0.3, 0.4) is 0 Å². The molecule has 0 saturated carbocycles. The Kier molecular flexibility index (Phi) is 4.66. The summed E-state index contributed by atoms with van der Waals surface area (Å²) in [4.78, 5) is 32.9. The third kappa shape index (κ3) is 3.27. The first kappa shape index (κ1) is 18.2. The quantitative estimate of drug-likeness (QED) is 0.408. The number of benzene rings is 2. The van der Waals surface area contributed by atoms with Crippen LogP contribution in [0.4, 0.5) is 11.4 Å². The summed E-state index contributed by atoms with van der Waals surface area (Å²) in [5.41, 5.74) is 1.58. The van der Waals surface area contributed by atoms with Crippen LogP contribution in [0.5, 0.6) is 0 Å². The maximum atomic E-state index is 12.5. The number of carbonyl (C=O) groups excluding carboxylic acids is 1. The Labute approximate surface area is 165 Å². The zero-order valence-corrected chi connectivity index (χ0v) is 15.4. The standard InChI is InChI=1S/C21H16N4O4/c1-29-21(27)16-17(18-19(23-12-11-22-18)25(28)20(16)26)24-15-9-7-14(8-10-15)13-5-3-2-4-6-13/h2-12,24,28H,1H3. The fraction of sp³-hybridized carbons (Fsp3) is 0.0476. The second kappa shape index (κ2) is 7.43. The van der Waals surface area contributed by atoms with Crippen molar-refractivity contribution in [2.45, 2.75) is 0 Å². The molecule has 0 aliphatic rings. The van der Waals surface area contributed by atoms with E-state index in [1.165, 1.54) is 12.4 Å². The van der Waals surface area contributed by atoms with Gasteiger partial charge in [0.15, 0.2) is 5.56 Å². The van der Waals surface area contributed by atoms with E-state index in [1.807, 2.05) is 54.6 Å². The number of hydrogen-bond acceptors (Lipinski definition) is 7. The SMILES string of the molecule is COC(=O)c1c(Nc2ccc(-c3ccccc3)cc2)c2nccnc2n(O)c1=O. The van der Waals surface area contributed by atoms with Gasteiger partial charge in [0.25, 0.3) is 0 Å². The van der Waals surface area contributed by atoms with Crippen LogP contribution in [0.1, 0.15) is 10.4 Å². The summed E-state index contributed by atoms with van der Waals surface area (Å²) in [6.45, 7) is 0. The Hall–Kier alpha value is -4.20. The number of nitrogens with zero attached hydrogens (tertiary/aromatic N) is 3. The highest BCUT2D eigenvalue weighted by molar-refractivity contribution is 6.03. The molecule has 2 aromatic heterocycles. The van der Waals surface area contributed by atoms with Gasteiger partial charge >= 0.3 is 11.5 Å². The van der Waals surface area contributed by atoms with E-state index in [0.717, 1.165) is 18.2 Å². The van der Waals surface area contributed by atoms with E-state index in [9.17, 15) is 14.8 Å². The third-order valence-electron chi connectivity index (χ3n) is 4.42. The first-order chi connectivity index (χ1) is 14.1. The molecule has 0 spiro atoms. The minimum atomic E-state index is -0.951. The van der Waals surface area contributed by atoms with Gasteiger partial charge in [0.05, 0.1) is 12.8 Å². The monoisotopic (exact) mass is 388 g/mol. The number of carbonyl (C=O) groups is 1. The average Bonchev–Trinajstić information content (AvgIpc) is 2.78. The van der Waals surface area contributed by atoms with Gasteiger partial charge in [-0.25, -0.2) is 14.8 Å². The second-order valence-corrected chi connectivity index (χ2v) is 6.16. The Morgan fingerprint density at radius 1 is 1.00 bits per heavy atom. The molecule has 8 nitrogen and oxygen atoms in total. The van der Waals surface area contributed by atoms with Gasteiger partial charge in [0, 0.05) is 18.1 Å². The minimum Gasteiger partial charge on any atom is -0.465 e. The second-order valence-electron chi connectivity index (χ2n) is 6.16. The molecule has 144 valence electrons. The smallest absolute Gasteiger partial charge is 0.345 e. The Bertz CT molecular complexity index is 1250. The molecule has 0 radical (unpaired) electrons. The van der Waals surface area contributed by atoms with Crippen LogP contribution in [-0.2, 0) is 4.74 Å². The number of rotatable bonds is 4. The van der Waals surface area contributed by atoms with Crippen molar-refractivity contribution in [1.29, 1.82) is 0 Å². The number of nitrogens with one attached hydrogen (secondary N) is 1. The lowest BCUT2D eigenvalue weighted by Crippen LogP contribution is -2.28. The molecule has 2 aromatic carbocycles. The molecule has 4 rings (SSSR count). The average molecular weight is 388 g/mol. The summed E-state index contributed by atoms with van der Waals surface area (Å²) < 4.78 is 5.01. The van der Waals surface area contributed by atoms with Crippen LogP contribution in [0, 0.1) is 0 Å². The third-order valence-corrected chi connectivity index (χ3v) is 4.42. The van der Waals surface area contributed by atoms with Crippen molar-refractivity contribution in [3.05, 3.63) is 82.9 Å². The van der Waals surface area contributed by atoms with Crippen LogP contribution in [0.15, 0.2) is 71.8 Å². The van der Waals surface area contributed by atoms with Crippen LogP contribution >= 0.6 is 0 Å². The summed E-state index contributed by atoms with van der Waals surface area (Å²) in [6, 6.07) is 17.3. The van der Waals surface area contributed by atoms with E-state index in [1.54, 1.807) is 0 Å². The van der Waals surface area contributed by atoms with Gasteiger partial charge in [-0.15, -0.1) is 4.73 Å². The van der Waals surface area contributed by atoms with Crippen LogP contribution in [0.25, 0.3) is 22.3 Å². The molecule has 0 bridgehead atoms. The number of methoxy groups -OCH3 is 1. The molecule has 0 aliphatic carbocycles. The Morgan fingerprint density at radius 3 is 2.34 bits per heavy atom. The van der Waals surface area contributed by atoms with Crippen LogP contribution in [0.2, 0.25) is 0 Å². The van der Waals surface area contributed by atoms with Gasteiger partial charge in [-0.3, -0.25) is 4.79 Å². The largest absolute Gasteiger partial charge is 0.465 e. The first-order valence-electron chi connectivity index (χ1n) is 8.70. The molecule has 29 heavy (non-hydrogen) atoms. The molecule has 2 heterocycles. The van der Waals surface area contributed by atoms with Crippen molar-refractivity contribution in [2.75, 3.05) is 12.4 Å². The maximum Gasteiger partial charge on any atom is 0.345 e. The zero-order valence-electron chi connectivity index (χ0n) is 15.4. The number of aromatic nitrogens is 3. The first-order valence-corrected chi connectivity index (χ1v) is 8.70. The number of ether oxygens (including phenoxy) is 1. The summed E-state index contributed by atoms with van der Waals surface area (Å²) in [7, 11) is 1.16. The van der Waals surface area contributed by atoms with E-state index in [2.05, 4.69) is 15.3 Å². The highest BCUT2D eigenvalue weighted by Gasteiger charge is 2.24. The normalized spacial score (nSPS) is 10.7. The molecule has 0 saturated heterocycles. The van der Waals surface area contributed by atoms with Gasteiger partial charge in [0.2, 0.25) is 5.65 Å². The summed E-state index contributed by atoms with van der Waals surface area (Å²) in [5.74, 6) is -0.895. The van der Waals surface area contributed by atoms with Crippen molar-refractivity contribution in [3.63, 3.8) is 0 Å². The molecule has 8 heteroatoms. The molecule has 0 atom stereocenters. The van der Waals surface area contributed by atoms with Crippen molar-refractivity contribution in [2.24, 2.45) is 0 Å². The summed E-state index contributed by atoms with van der Waals surface area (Å²) >= 11 is 0. The molecule has 4 aromatic rings. The van der Waals surface area contributed by atoms with Crippen molar-refractivity contribution < 1.29 is 14.7 Å². The van der Waals surface area contributed by atoms with Crippen LogP contribution < -0.4 is 10.9 Å². The molecular weight excluding hydrogens is 372 g/mol. The molecule has 2 N–H and O–H groups in total. The number of pyridine rings is 1. The van der Waals surface area contributed by atoms with E-state index < -0.39 is 11.5 Å². The number of esters is 1. The lowest BCUT2D eigenvalue weighted by Gasteiger charge is -2.14. The topological polar surface area (TPSA) is 106 Å². The van der Waals surface area contributed by atoms with Crippen molar-refractivity contribution in [3.8, 4) is 11.1 Å². The van der Waals surface area contributed by atoms with Gasteiger partial charge < -0.3 is 15.3 Å². The molecular formula is C21H16N4O4. The van der Waals surface area contributed by atoms with Gasteiger partial charge in [-0.05, 0) is 23.3 Å². The predicted molar refractivity (Wildman–Crippen MR) is 107 cm³/mol. The highest BCUT2D eigenvalue weighted by Crippen LogP contribution is 2.28. The van der Waals surface area contributed by atoms with E-state index in [4.69, 9.17) is 4.74 Å². The Balaban J connectivity index is 1.82. The lowest BCUT2D eigenvalue weighted by atomic mass is 10.1. The molecule has 0 fully saturated rings. The van der Waals surface area contributed by atoms with Crippen LogP contribution in [-0.4, -0.2) is 33.0 Å². The van der Waals surface area contributed by atoms with Gasteiger partial charge in [-0.1, -0.05) is 42.5 Å². The zero-order chi connectivity index (χ0) is 20.4. The van der Waals surface area contributed by atoms with E-state index in [-0.39, 0.29) is 27.1 Å². The highest BCUT2D eigenvalue weighted by atomic mass is 16.5. The van der Waals surface area contributed by atoms with Gasteiger partial charge in [-0.2, -0.15) is 0 Å². The fourth-order valence-electron chi connectivity index (χ4n) is 3.02. The van der Waals surface area contributed by atoms with Crippen molar-refractivity contribution in [1.82, 2.24) is 14.7 Å². The number of hydrogen-bond donors (Lipinski definition) is 2. The summed E-state index contributed by atoms with van der Waals surface area (Å²) in [6.07, 6.45) is 2.74. The molecule has 0 amide bonds. The summed E-state index contributed by atoms with van der Waals surface area (Å²) in [5, 5.41) is 13.2. The lowest BCUT2D eigenvalue weighted by molar-refractivity contribution is 0.0594. The Morgan fingerprint density at radius 2 is 1.66 bits per heavy atom. The molecule has 0 unspecified atom stereocenters. The number of fused-ring (bicyclic) bond motifs is 1. The minimum absolute atomic E-state index is 0.0754.